The lowest BCUT2D eigenvalue weighted by atomic mass is 9.94. The molecule has 0 fully saturated rings. The molecule has 4 aromatic heterocycles. The van der Waals surface area contributed by atoms with E-state index in [2.05, 4.69) is 319 Å². The SMILES string of the molecule is c1ccc(-c2cccc(-c3cnc(-c4ccc(-c5cccc6ccccc56)cc4)nc3-c3ccc(-c4cccnc4)cc3)c2)cc1.c1cncc(-c2ccc(-c3nc(-c4ccc(-c5cccc6ccccc56)cc4)ncc3-c3ccc(-c4cccc5ccccc45)cc3)cc2)c1. The fourth-order valence-corrected chi connectivity index (χ4v) is 13.0. The molecule has 450 valence electrons. The van der Waals surface area contributed by atoms with Gasteiger partial charge in [0.15, 0.2) is 11.6 Å². The minimum atomic E-state index is 0.692. The van der Waals surface area contributed by atoms with Crippen molar-refractivity contribution in [1.82, 2.24) is 29.9 Å². The van der Waals surface area contributed by atoms with Crippen molar-refractivity contribution in [3.63, 3.8) is 0 Å². The Morgan fingerprint density at radius 2 is 0.479 bits per heavy atom. The molecule has 0 N–H and O–H groups in total. The Bertz CT molecular complexity index is 5570. The summed E-state index contributed by atoms with van der Waals surface area (Å²) in [5.41, 5.74) is 23.8. The number of rotatable bonds is 12. The molecule has 0 aliphatic heterocycles. The van der Waals surface area contributed by atoms with E-state index in [1.165, 1.54) is 71.3 Å². The summed E-state index contributed by atoms with van der Waals surface area (Å²) in [4.78, 5) is 28.9. The zero-order valence-corrected chi connectivity index (χ0v) is 52.3. The number of pyridine rings is 2. The van der Waals surface area contributed by atoms with Crippen molar-refractivity contribution in [1.29, 1.82) is 0 Å². The maximum absolute atomic E-state index is 5.24. The maximum atomic E-state index is 5.24. The molecule has 0 bridgehead atoms. The van der Waals surface area contributed by atoms with Gasteiger partial charge in [-0.25, -0.2) is 19.9 Å². The molecule has 0 spiro atoms. The Morgan fingerprint density at radius 3 is 0.896 bits per heavy atom. The van der Waals surface area contributed by atoms with Crippen molar-refractivity contribution in [2.45, 2.75) is 0 Å². The van der Waals surface area contributed by atoms with Crippen molar-refractivity contribution >= 4 is 32.3 Å². The van der Waals surface area contributed by atoms with Crippen molar-refractivity contribution in [3.8, 4) is 134 Å². The first kappa shape index (κ1) is 58.2. The van der Waals surface area contributed by atoms with Crippen LogP contribution < -0.4 is 0 Å². The number of aromatic nitrogens is 6. The average molecular weight is 1230 g/mol. The van der Waals surface area contributed by atoms with Crippen LogP contribution in [-0.4, -0.2) is 29.9 Å². The first-order valence-corrected chi connectivity index (χ1v) is 32.3. The van der Waals surface area contributed by atoms with E-state index < -0.39 is 0 Å². The first-order chi connectivity index (χ1) is 47.6. The smallest absolute Gasteiger partial charge is 0.159 e. The Hall–Kier alpha value is -12.9. The van der Waals surface area contributed by atoms with Crippen LogP contribution in [0.5, 0.6) is 0 Å². The lowest BCUT2D eigenvalue weighted by molar-refractivity contribution is 1.18. The minimum absolute atomic E-state index is 0.692. The van der Waals surface area contributed by atoms with Crippen LogP contribution in [0.3, 0.4) is 0 Å². The average Bonchev–Trinajstić information content (AvgIpc) is 0.900. The highest BCUT2D eigenvalue weighted by atomic mass is 14.9. The second-order valence-corrected chi connectivity index (χ2v) is 23.8. The monoisotopic (exact) mass is 1220 g/mol. The largest absolute Gasteiger partial charge is 0.264 e. The molecule has 17 aromatic rings. The van der Waals surface area contributed by atoms with E-state index in [1.807, 2.05) is 43.0 Å². The Kier molecular flexibility index (Phi) is 16.0. The van der Waals surface area contributed by atoms with E-state index in [1.54, 1.807) is 12.4 Å². The number of benzene rings is 13. The number of hydrogen-bond acceptors (Lipinski definition) is 6. The molecule has 0 unspecified atom stereocenters. The number of fused-ring (bicyclic) bond motifs is 3. The van der Waals surface area contributed by atoms with Crippen LogP contribution in [0.4, 0.5) is 0 Å². The summed E-state index contributed by atoms with van der Waals surface area (Å²) >= 11 is 0. The van der Waals surface area contributed by atoms with Crippen LogP contribution in [0.25, 0.3) is 167 Å². The molecule has 6 heteroatoms. The molecule has 0 amide bonds. The second-order valence-electron chi connectivity index (χ2n) is 23.8. The number of nitrogens with zero attached hydrogens (tertiary/aromatic N) is 6. The third-order valence-corrected chi connectivity index (χ3v) is 17.9. The van der Waals surface area contributed by atoms with Gasteiger partial charge in [-0.15, -0.1) is 0 Å². The molecule has 0 atom stereocenters. The summed E-state index contributed by atoms with van der Waals surface area (Å²) in [5, 5.41) is 7.44. The van der Waals surface area contributed by atoms with E-state index in [-0.39, 0.29) is 0 Å². The third-order valence-electron chi connectivity index (χ3n) is 17.9. The molecular formula is C90H60N6. The van der Waals surface area contributed by atoms with Gasteiger partial charge in [-0.2, -0.15) is 0 Å². The predicted molar refractivity (Wildman–Crippen MR) is 397 cm³/mol. The summed E-state index contributed by atoms with van der Waals surface area (Å²) in [5.74, 6) is 1.38. The highest BCUT2D eigenvalue weighted by Crippen LogP contribution is 2.40. The first-order valence-electron chi connectivity index (χ1n) is 32.3. The van der Waals surface area contributed by atoms with Gasteiger partial charge >= 0.3 is 0 Å². The summed E-state index contributed by atoms with van der Waals surface area (Å²) in [6.45, 7) is 0. The van der Waals surface area contributed by atoms with Gasteiger partial charge in [-0.1, -0.05) is 309 Å². The van der Waals surface area contributed by atoms with Gasteiger partial charge in [-0.05, 0) is 128 Å². The molecule has 13 aromatic carbocycles. The van der Waals surface area contributed by atoms with E-state index in [0.29, 0.717) is 11.6 Å². The summed E-state index contributed by atoms with van der Waals surface area (Å²) in [6.07, 6.45) is 11.3. The molecule has 96 heavy (non-hydrogen) atoms. The summed E-state index contributed by atoms with van der Waals surface area (Å²) in [7, 11) is 0. The summed E-state index contributed by atoms with van der Waals surface area (Å²) < 4.78 is 0. The fourth-order valence-electron chi connectivity index (χ4n) is 13.0. The van der Waals surface area contributed by atoms with Gasteiger partial charge in [0.25, 0.3) is 0 Å². The molecule has 4 heterocycles. The fraction of sp³-hybridized carbons (Fsp3) is 0. The molecule has 0 saturated carbocycles. The Balaban J connectivity index is 0.000000152. The van der Waals surface area contributed by atoms with Gasteiger partial charge in [0, 0.05) is 70.6 Å². The van der Waals surface area contributed by atoms with Gasteiger partial charge < -0.3 is 0 Å². The molecule has 0 aliphatic carbocycles. The molecular weight excluding hydrogens is 1170 g/mol. The highest BCUT2D eigenvalue weighted by molar-refractivity contribution is 5.99. The van der Waals surface area contributed by atoms with Crippen molar-refractivity contribution < 1.29 is 0 Å². The molecule has 6 nitrogen and oxygen atoms in total. The van der Waals surface area contributed by atoms with E-state index in [9.17, 15) is 0 Å². The quantitative estimate of drug-likeness (QED) is 0.121. The maximum Gasteiger partial charge on any atom is 0.159 e. The zero-order chi connectivity index (χ0) is 64.0. The lowest BCUT2D eigenvalue weighted by Crippen LogP contribution is -1.96. The van der Waals surface area contributed by atoms with Crippen LogP contribution in [-0.2, 0) is 0 Å². The van der Waals surface area contributed by atoms with Crippen LogP contribution in [0.2, 0.25) is 0 Å². The van der Waals surface area contributed by atoms with Crippen molar-refractivity contribution in [2.24, 2.45) is 0 Å². The standard InChI is InChI=1S/C47H31N3.C43H29N3/c1-3-13-41-33(8-1)10-5-15-43(41)35-19-21-37(22-20-35)45-31-49-47(50-46(45)38-25-17-32(18-26-38)40-12-7-29-48-30-40)39-27-23-36(24-28-39)44-16-6-11-34-9-2-4-14-42(34)44;1-2-9-30(10-3-1)36-13-6-14-37(27-36)41-29-45-43(46-42(41)34-22-18-31(19-23-34)38-15-8-26-44-28-38)35-24-20-33(21-25-35)40-17-7-12-32-11-4-5-16-39(32)40/h1-31H;1-29H. The van der Waals surface area contributed by atoms with Gasteiger partial charge in [0.2, 0.25) is 0 Å². The van der Waals surface area contributed by atoms with Crippen molar-refractivity contribution in [3.05, 3.63) is 365 Å². The normalized spacial score (nSPS) is 11.1. The predicted octanol–water partition coefficient (Wildman–Crippen LogP) is 23.2. The van der Waals surface area contributed by atoms with Crippen molar-refractivity contribution in [2.75, 3.05) is 0 Å². The number of hydrogen-bond donors (Lipinski definition) is 0. The topological polar surface area (TPSA) is 77.3 Å². The third kappa shape index (κ3) is 12.0. The van der Waals surface area contributed by atoms with Gasteiger partial charge in [-0.3, -0.25) is 9.97 Å². The van der Waals surface area contributed by atoms with Crippen LogP contribution in [0.15, 0.2) is 365 Å². The lowest BCUT2D eigenvalue weighted by Gasteiger charge is -2.13. The van der Waals surface area contributed by atoms with Gasteiger partial charge in [0.1, 0.15) is 0 Å². The summed E-state index contributed by atoms with van der Waals surface area (Å²) in [6, 6.07) is 115. The molecule has 0 saturated heterocycles. The second kappa shape index (κ2) is 26.4. The molecule has 0 radical (unpaired) electrons. The Labute approximate surface area is 558 Å². The van der Waals surface area contributed by atoms with Crippen LogP contribution >= 0.6 is 0 Å². The zero-order valence-electron chi connectivity index (χ0n) is 52.3. The van der Waals surface area contributed by atoms with Crippen LogP contribution in [0.1, 0.15) is 0 Å². The van der Waals surface area contributed by atoms with E-state index >= 15 is 0 Å². The Morgan fingerprint density at radius 1 is 0.177 bits per heavy atom. The molecule has 0 aliphatic rings. The van der Waals surface area contributed by atoms with E-state index in [0.717, 1.165) is 83.7 Å². The van der Waals surface area contributed by atoms with Gasteiger partial charge in [0.05, 0.1) is 11.4 Å². The van der Waals surface area contributed by atoms with Crippen LogP contribution in [0, 0.1) is 0 Å². The molecule has 17 rings (SSSR count). The minimum Gasteiger partial charge on any atom is -0.264 e. The van der Waals surface area contributed by atoms with E-state index in [4.69, 9.17) is 19.9 Å². The highest BCUT2D eigenvalue weighted by Gasteiger charge is 2.18.